The number of carbonyl (C=O) groups is 1. The molecule has 0 bridgehead atoms. The molecule has 1 amide bonds. The first-order valence-corrected chi connectivity index (χ1v) is 7.73. The van der Waals surface area contributed by atoms with Crippen molar-refractivity contribution in [1.82, 2.24) is 10.6 Å². The summed E-state index contributed by atoms with van der Waals surface area (Å²) in [5, 5.41) is 6.15. The minimum absolute atomic E-state index is 0.0827. The molecule has 4 nitrogen and oxygen atoms in total. The Morgan fingerprint density at radius 1 is 1.47 bits per heavy atom. The summed E-state index contributed by atoms with van der Waals surface area (Å²) in [6.07, 6.45) is 1.89. The van der Waals surface area contributed by atoms with Gasteiger partial charge in [-0.2, -0.15) is 0 Å². The molecule has 1 atom stereocenters. The van der Waals surface area contributed by atoms with Gasteiger partial charge in [0.25, 0.3) is 0 Å². The molecule has 2 rings (SSSR count). The molecule has 0 saturated carbocycles. The van der Waals surface area contributed by atoms with Gasteiger partial charge in [0.1, 0.15) is 5.75 Å². The lowest BCUT2D eigenvalue weighted by atomic mass is 10.1. The van der Waals surface area contributed by atoms with Crippen molar-refractivity contribution in [3.8, 4) is 5.75 Å². The molecule has 0 radical (unpaired) electrons. The highest BCUT2D eigenvalue weighted by Gasteiger charge is 2.21. The number of rotatable bonds is 4. The second-order valence-electron chi connectivity index (χ2n) is 4.45. The number of methoxy groups -OCH3 is 1. The molecule has 6 heteroatoms. The summed E-state index contributed by atoms with van der Waals surface area (Å²) in [4.78, 5) is 11.7. The van der Waals surface area contributed by atoms with Crippen LogP contribution in [0.15, 0.2) is 21.1 Å². The third kappa shape index (κ3) is 3.70. The van der Waals surface area contributed by atoms with Gasteiger partial charge < -0.3 is 15.4 Å². The van der Waals surface area contributed by atoms with Gasteiger partial charge in [-0.1, -0.05) is 15.9 Å². The van der Waals surface area contributed by atoms with Crippen LogP contribution in [0.1, 0.15) is 18.4 Å². The predicted octanol–water partition coefficient (Wildman–Crippen LogP) is 2.59. The van der Waals surface area contributed by atoms with Crippen LogP contribution in [0.5, 0.6) is 5.75 Å². The number of amides is 1. The summed E-state index contributed by atoms with van der Waals surface area (Å²) < 4.78 is 7.26. The Hall–Kier alpha value is -0.590. The summed E-state index contributed by atoms with van der Waals surface area (Å²) in [5.74, 6) is 0.881. The quantitative estimate of drug-likeness (QED) is 0.829. The molecule has 1 aromatic carbocycles. The number of hydrogen-bond donors (Lipinski definition) is 2. The average molecular weight is 392 g/mol. The lowest BCUT2D eigenvalue weighted by Crippen LogP contribution is -2.47. The Morgan fingerprint density at radius 2 is 2.26 bits per heavy atom. The molecule has 1 fully saturated rings. The van der Waals surface area contributed by atoms with Gasteiger partial charge in [-0.25, -0.2) is 0 Å². The van der Waals surface area contributed by atoms with E-state index >= 15 is 0 Å². The van der Waals surface area contributed by atoms with Gasteiger partial charge in [-0.05, 0) is 40.9 Å². The fourth-order valence-corrected chi connectivity index (χ4v) is 3.65. The third-order valence-electron chi connectivity index (χ3n) is 3.11. The highest BCUT2D eigenvalue weighted by atomic mass is 79.9. The van der Waals surface area contributed by atoms with E-state index in [9.17, 15) is 4.79 Å². The second kappa shape index (κ2) is 6.72. The van der Waals surface area contributed by atoms with E-state index in [2.05, 4.69) is 42.5 Å². The number of hydrogen-bond acceptors (Lipinski definition) is 3. The molecular weight excluding hydrogens is 376 g/mol. The first-order chi connectivity index (χ1) is 9.11. The molecule has 1 aliphatic heterocycles. The van der Waals surface area contributed by atoms with Gasteiger partial charge in [0.15, 0.2) is 0 Å². The number of piperidine rings is 1. The van der Waals surface area contributed by atoms with Crippen LogP contribution >= 0.6 is 31.9 Å². The number of nitrogens with one attached hydrogen (secondary N) is 2. The first kappa shape index (κ1) is 14.8. The van der Waals surface area contributed by atoms with Crippen LogP contribution in [0, 0.1) is 0 Å². The van der Waals surface area contributed by atoms with Gasteiger partial charge in [0.2, 0.25) is 5.91 Å². The zero-order chi connectivity index (χ0) is 13.8. The van der Waals surface area contributed by atoms with Crippen molar-refractivity contribution >= 4 is 37.8 Å². The van der Waals surface area contributed by atoms with Crippen LogP contribution in [-0.2, 0) is 11.3 Å². The van der Waals surface area contributed by atoms with Crippen molar-refractivity contribution in [3.05, 3.63) is 26.6 Å². The van der Waals surface area contributed by atoms with E-state index in [1.807, 2.05) is 12.1 Å². The summed E-state index contributed by atoms with van der Waals surface area (Å²) in [6, 6.07) is 3.82. The number of benzene rings is 1. The zero-order valence-corrected chi connectivity index (χ0v) is 13.8. The van der Waals surface area contributed by atoms with E-state index in [0.29, 0.717) is 6.54 Å². The van der Waals surface area contributed by atoms with Gasteiger partial charge in [0.05, 0.1) is 17.6 Å². The lowest BCUT2D eigenvalue weighted by molar-refractivity contribution is -0.124. The van der Waals surface area contributed by atoms with Crippen molar-refractivity contribution in [3.63, 3.8) is 0 Å². The molecule has 1 saturated heterocycles. The summed E-state index contributed by atoms with van der Waals surface area (Å²) in [6.45, 7) is 1.38. The molecule has 104 valence electrons. The fourth-order valence-electron chi connectivity index (χ4n) is 2.17. The van der Waals surface area contributed by atoms with Gasteiger partial charge >= 0.3 is 0 Å². The van der Waals surface area contributed by atoms with E-state index in [-0.39, 0.29) is 11.9 Å². The molecular formula is C13H16Br2N2O2. The van der Waals surface area contributed by atoms with Gasteiger partial charge in [-0.3, -0.25) is 4.79 Å². The summed E-state index contributed by atoms with van der Waals surface area (Å²) >= 11 is 6.94. The molecule has 19 heavy (non-hydrogen) atoms. The van der Waals surface area contributed by atoms with Crippen LogP contribution in [0.2, 0.25) is 0 Å². The third-order valence-corrected chi connectivity index (χ3v) is 4.16. The molecule has 0 spiro atoms. The molecule has 1 unspecified atom stereocenters. The Balaban J connectivity index is 2.08. The molecule has 2 N–H and O–H groups in total. The van der Waals surface area contributed by atoms with E-state index in [1.54, 1.807) is 7.11 Å². The first-order valence-electron chi connectivity index (χ1n) is 6.15. The normalized spacial score (nSPS) is 19.1. The van der Waals surface area contributed by atoms with Gasteiger partial charge in [0, 0.05) is 23.1 Å². The van der Waals surface area contributed by atoms with E-state index in [1.165, 1.54) is 0 Å². The van der Waals surface area contributed by atoms with E-state index < -0.39 is 0 Å². The van der Waals surface area contributed by atoms with Crippen molar-refractivity contribution in [1.29, 1.82) is 0 Å². The van der Waals surface area contributed by atoms with Crippen LogP contribution in [0.25, 0.3) is 0 Å². The standard InChI is InChI=1S/C13H16Br2N2O2/c1-19-12-8(5-9(14)6-10(12)15)7-17-11-3-2-4-16-13(11)18/h5-6,11,17H,2-4,7H2,1H3,(H,16,18). The van der Waals surface area contributed by atoms with E-state index in [0.717, 1.165) is 39.6 Å². The summed E-state index contributed by atoms with van der Waals surface area (Å²) in [5.41, 5.74) is 1.02. The van der Waals surface area contributed by atoms with Crippen molar-refractivity contribution in [2.45, 2.75) is 25.4 Å². The van der Waals surface area contributed by atoms with Gasteiger partial charge in [-0.15, -0.1) is 0 Å². The molecule has 0 aromatic heterocycles. The minimum Gasteiger partial charge on any atom is -0.495 e. The maximum atomic E-state index is 11.7. The SMILES string of the molecule is COc1c(Br)cc(Br)cc1CNC1CCCNC1=O. The number of ether oxygens (including phenoxy) is 1. The topological polar surface area (TPSA) is 50.4 Å². The minimum atomic E-state index is -0.115. The predicted molar refractivity (Wildman–Crippen MR) is 81.3 cm³/mol. The van der Waals surface area contributed by atoms with Crippen LogP contribution in [-0.4, -0.2) is 25.6 Å². The lowest BCUT2D eigenvalue weighted by Gasteiger charge is -2.23. The maximum absolute atomic E-state index is 11.7. The number of halogens is 2. The molecule has 1 heterocycles. The molecule has 0 aliphatic carbocycles. The zero-order valence-electron chi connectivity index (χ0n) is 10.6. The smallest absolute Gasteiger partial charge is 0.237 e. The highest BCUT2D eigenvalue weighted by Crippen LogP contribution is 2.32. The monoisotopic (exact) mass is 390 g/mol. The Labute approximate surface area is 129 Å². The average Bonchev–Trinajstić information content (AvgIpc) is 2.37. The van der Waals surface area contributed by atoms with Crippen LogP contribution < -0.4 is 15.4 Å². The van der Waals surface area contributed by atoms with Crippen LogP contribution in [0.4, 0.5) is 0 Å². The van der Waals surface area contributed by atoms with Crippen molar-refractivity contribution < 1.29 is 9.53 Å². The largest absolute Gasteiger partial charge is 0.495 e. The van der Waals surface area contributed by atoms with E-state index in [4.69, 9.17) is 4.74 Å². The van der Waals surface area contributed by atoms with Crippen molar-refractivity contribution in [2.75, 3.05) is 13.7 Å². The van der Waals surface area contributed by atoms with Crippen molar-refractivity contribution in [2.24, 2.45) is 0 Å². The molecule has 1 aromatic rings. The Morgan fingerprint density at radius 3 is 2.95 bits per heavy atom. The Kier molecular flexibility index (Phi) is 5.24. The highest BCUT2D eigenvalue weighted by molar-refractivity contribution is 9.11. The summed E-state index contributed by atoms with van der Waals surface area (Å²) in [7, 11) is 1.64. The fraction of sp³-hybridized carbons (Fsp3) is 0.462. The number of carbonyl (C=O) groups excluding carboxylic acids is 1. The van der Waals surface area contributed by atoms with Crippen LogP contribution in [0.3, 0.4) is 0 Å². The molecule has 1 aliphatic rings. The maximum Gasteiger partial charge on any atom is 0.237 e. The second-order valence-corrected chi connectivity index (χ2v) is 6.22. The Bertz CT molecular complexity index is 480.